The number of rotatable bonds is 12. The molecule has 1 aliphatic carbocycles. The average Bonchev–Trinajstić information content (AvgIpc) is 2.54. The third-order valence-electron chi connectivity index (χ3n) is 6.08. The van der Waals surface area contributed by atoms with Crippen LogP contribution in [0.3, 0.4) is 0 Å². The largest absolute Gasteiger partial charge is 0.396 e. The summed E-state index contributed by atoms with van der Waals surface area (Å²) in [4.78, 5) is 10.4. The summed E-state index contributed by atoms with van der Waals surface area (Å²) >= 11 is 2.46. The first-order valence-electron chi connectivity index (χ1n) is 9.79. The van der Waals surface area contributed by atoms with Crippen LogP contribution in [0.5, 0.6) is 0 Å². The van der Waals surface area contributed by atoms with E-state index < -0.39 is 0 Å². The van der Waals surface area contributed by atoms with Crippen molar-refractivity contribution in [2.75, 3.05) is 17.6 Å². The van der Waals surface area contributed by atoms with E-state index in [1.807, 2.05) is 0 Å². The summed E-state index contributed by atoms with van der Waals surface area (Å²) in [6, 6.07) is 0. The first-order valence-corrected chi connectivity index (χ1v) is 11.3. The highest BCUT2D eigenvalue weighted by atomic mass is 127. The van der Waals surface area contributed by atoms with E-state index in [2.05, 4.69) is 36.4 Å². The molecule has 0 aromatic heterocycles. The summed E-state index contributed by atoms with van der Waals surface area (Å²) in [5.41, 5.74) is 0. The van der Waals surface area contributed by atoms with Crippen molar-refractivity contribution in [3.05, 3.63) is 10.1 Å². The van der Waals surface area contributed by atoms with Gasteiger partial charge in [-0.2, -0.15) is 0 Å². The fourth-order valence-corrected chi connectivity index (χ4v) is 5.43. The molecular weight excluding hydrogens is 417 g/mol. The highest BCUT2D eigenvalue weighted by Crippen LogP contribution is 2.46. The molecule has 5 heteroatoms. The number of hydrogen-bond acceptors (Lipinski definition) is 3. The molecule has 0 aromatic carbocycles. The first-order chi connectivity index (χ1) is 11.5. The molecule has 1 N–H and O–H groups in total. The van der Waals surface area contributed by atoms with Gasteiger partial charge in [0.05, 0.1) is 0 Å². The third kappa shape index (κ3) is 7.54. The second-order valence-electron chi connectivity index (χ2n) is 7.78. The summed E-state index contributed by atoms with van der Waals surface area (Å²) in [6.45, 7) is 5.00. The van der Waals surface area contributed by atoms with Crippen LogP contribution in [-0.2, 0) is 0 Å². The molecule has 5 atom stereocenters. The van der Waals surface area contributed by atoms with Crippen LogP contribution < -0.4 is 0 Å². The Morgan fingerprint density at radius 1 is 1.17 bits per heavy atom. The number of halogens is 1. The molecule has 0 radical (unpaired) electrons. The molecule has 1 aliphatic rings. The molecule has 4 nitrogen and oxygen atoms in total. The van der Waals surface area contributed by atoms with Crippen molar-refractivity contribution in [1.82, 2.24) is 0 Å². The average molecular weight is 453 g/mol. The monoisotopic (exact) mass is 453 g/mol. The van der Waals surface area contributed by atoms with Gasteiger partial charge in [-0.1, -0.05) is 62.1 Å². The molecule has 0 amide bonds. The molecule has 0 aliphatic heterocycles. The zero-order chi connectivity index (χ0) is 17.9. The van der Waals surface area contributed by atoms with Gasteiger partial charge < -0.3 is 5.11 Å². The standard InChI is InChI=1S/C19H36INO3/c1-15(11-14-22)18-10-5-9-17(8-3-4-12-20)19(18)16(2)7-6-13-21(23)24/h15-19,22H,3-14H2,1-2H3. The lowest BCUT2D eigenvalue weighted by atomic mass is 9.61. The summed E-state index contributed by atoms with van der Waals surface area (Å²) in [7, 11) is 0. The fraction of sp³-hybridized carbons (Fsp3) is 1.00. The number of aliphatic hydroxyl groups is 1. The van der Waals surface area contributed by atoms with Crippen LogP contribution in [0.25, 0.3) is 0 Å². The number of hydrogen-bond donors (Lipinski definition) is 1. The molecule has 0 heterocycles. The second kappa shape index (κ2) is 12.4. The van der Waals surface area contributed by atoms with E-state index in [1.54, 1.807) is 0 Å². The molecule has 142 valence electrons. The van der Waals surface area contributed by atoms with Crippen LogP contribution in [0.15, 0.2) is 0 Å². The van der Waals surface area contributed by atoms with Gasteiger partial charge in [0.2, 0.25) is 6.54 Å². The van der Waals surface area contributed by atoms with Crippen LogP contribution >= 0.6 is 22.6 Å². The number of unbranched alkanes of at least 4 members (excludes halogenated alkanes) is 1. The Hall–Kier alpha value is 0.0900. The molecule has 1 saturated carbocycles. The molecule has 24 heavy (non-hydrogen) atoms. The van der Waals surface area contributed by atoms with Crippen molar-refractivity contribution in [2.45, 2.75) is 71.6 Å². The van der Waals surface area contributed by atoms with Gasteiger partial charge in [0.25, 0.3) is 0 Å². The molecule has 5 unspecified atom stereocenters. The minimum atomic E-state index is -0.183. The summed E-state index contributed by atoms with van der Waals surface area (Å²) < 4.78 is 1.23. The molecule has 0 spiro atoms. The SMILES string of the molecule is CC(CCO)C1CCCC(CCCCI)C1C(C)CCC[N+](=O)[O-]. The Kier molecular flexibility index (Phi) is 11.5. The van der Waals surface area contributed by atoms with E-state index in [1.165, 1.54) is 43.0 Å². The Morgan fingerprint density at radius 2 is 1.92 bits per heavy atom. The normalized spacial score (nSPS) is 26.9. The van der Waals surface area contributed by atoms with Crippen molar-refractivity contribution < 1.29 is 10.0 Å². The summed E-state index contributed by atoms with van der Waals surface area (Å²) in [5, 5.41) is 20.0. The Bertz CT molecular complexity index is 354. The Labute approximate surface area is 161 Å². The van der Waals surface area contributed by atoms with Crippen molar-refractivity contribution in [3.8, 4) is 0 Å². The zero-order valence-electron chi connectivity index (χ0n) is 15.5. The van der Waals surface area contributed by atoms with Gasteiger partial charge in [-0.15, -0.1) is 0 Å². The van der Waals surface area contributed by atoms with Crippen molar-refractivity contribution >= 4 is 22.6 Å². The van der Waals surface area contributed by atoms with Gasteiger partial charge >= 0.3 is 0 Å². The van der Waals surface area contributed by atoms with E-state index >= 15 is 0 Å². The second-order valence-corrected chi connectivity index (χ2v) is 8.86. The van der Waals surface area contributed by atoms with Crippen LogP contribution in [-0.4, -0.2) is 27.6 Å². The van der Waals surface area contributed by atoms with E-state index in [0.717, 1.165) is 18.8 Å². The lowest BCUT2D eigenvalue weighted by molar-refractivity contribution is -0.480. The summed E-state index contributed by atoms with van der Waals surface area (Å²) in [5.74, 6) is 3.26. The van der Waals surface area contributed by atoms with Crippen LogP contribution in [0.4, 0.5) is 0 Å². The number of aliphatic hydroxyl groups excluding tert-OH is 1. The van der Waals surface area contributed by atoms with Gasteiger partial charge in [0.15, 0.2) is 0 Å². The van der Waals surface area contributed by atoms with E-state index in [-0.39, 0.29) is 18.1 Å². The highest BCUT2D eigenvalue weighted by Gasteiger charge is 2.38. The van der Waals surface area contributed by atoms with Crippen molar-refractivity contribution in [2.24, 2.45) is 29.6 Å². The third-order valence-corrected chi connectivity index (χ3v) is 6.84. The Morgan fingerprint density at radius 3 is 2.54 bits per heavy atom. The van der Waals surface area contributed by atoms with Gasteiger partial charge in [0.1, 0.15) is 0 Å². The number of nitro groups is 1. The molecular formula is C19H36INO3. The predicted octanol–water partition coefficient (Wildman–Crippen LogP) is 5.34. The molecule has 0 bridgehead atoms. The first kappa shape index (κ1) is 22.1. The van der Waals surface area contributed by atoms with Gasteiger partial charge in [-0.3, -0.25) is 10.1 Å². The van der Waals surface area contributed by atoms with E-state index in [9.17, 15) is 15.2 Å². The van der Waals surface area contributed by atoms with Gasteiger partial charge in [0, 0.05) is 18.0 Å². The topological polar surface area (TPSA) is 63.4 Å². The maximum absolute atomic E-state index is 10.6. The molecule has 0 saturated heterocycles. The highest BCUT2D eigenvalue weighted by molar-refractivity contribution is 14.1. The maximum atomic E-state index is 10.6. The van der Waals surface area contributed by atoms with E-state index in [4.69, 9.17) is 0 Å². The zero-order valence-corrected chi connectivity index (χ0v) is 17.6. The van der Waals surface area contributed by atoms with Gasteiger partial charge in [-0.05, 0) is 59.7 Å². The fourth-order valence-electron chi connectivity index (χ4n) is 4.89. The number of nitrogens with zero attached hydrogens (tertiary/aromatic N) is 1. The predicted molar refractivity (Wildman–Crippen MR) is 108 cm³/mol. The van der Waals surface area contributed by atoms with Crippen LogP contribution in [0.1, 0.15) is 71.6 Å². The van der Waals surface area contributed by atoms with Crippen LogP contribution in [0, 0.1) is 39.7 Å². The van der Waals surface area contributed by atoms with E-state index in [0.29, 0.717) is 30.1 Å². The molecule has 0 aromatic rings. The Balaban J connectivity index is 2.74. The minimum absolute atomic E-state index is 0.105. The van der Waals surface area contributed by atoms with Crippen molar-refractivity contribution in [3.63, 3.8) is 0 Å². The van der Waals surface area contributed by atoms with Gasteiger partial charge in [-0.25, -0.2) is 0 Å². The van der Waals surface area contributed by atoms with Crippen molar-refractivity contribution in [1.29, 1.82) is 0 Å². The molecule has 1 fully saturated rings. The maximum Gasteiger partial charge on any atom is 0.203 e. The van der Waals surface area contributed by atoms with Crippen LogP contribution in [0.2, 0.25) is 0 Å². The lowest BCUT2D eigenvalue weighted by Gasteiger charge is -2.45. The minimum Gasteiger partial charge on any atom is -0.396 e. The lowest BCUT2D eigenvalue weighted by Crippen LogP contribution is -2.37. The molecule has 1 rings (SSSR count). The smallest absolute Gasteiger partial charge is 0.203 e. The quantitative estimate of drug-likeness (QED) is 0.143. The number of alkyl halides is 1. The summed E-state index contributed by atoms with van der Waals surface area (Å²) in [6.07, 6.45) is 10.4.